The first-order valence-electron chi connectivity index (χ1n) is 9.22. The molecule has 0 aliphatic rings. The molecule has 0 amide bonds. The number of benzene rings is 2. The summed E-state index contributed by atoms with van der Waals surface area (Å²) in [7, 11) is -3.63. The molecule has 0 atom stereocenters. The van der Waals surface area contributed by atoms with E-state index in [0.29, 0.717) is 5.69 Å². The topological polar surface area (TPSA) is 81.1 Å². The van der Waals surface area contributed by atoms with Crippen LogP contribution in [0.15, 0.2) is 76.4 Å². The third-order valence-electron chi connectivity index (χ3n) is 4.32. The lowest BCUT2D eigenvalue weighted by Crippen LogP contribution is -2.32. The molecule has 3 rings (SSSR count). The molecule has 1 aromatic heterocycles. The van der Waals surface area contributed by atoms with Gasteiger partial charge in [-0.25, -0.2) is 17.8 Å². The van der Waals surface area contributed by atoms with Crippen LogP contribution in [0.5, 0.6) is 0 Å². The Balaban J connectivity index is 1.68. The van der Waals surface area contributed by atoms with Gasteiger partial charge in [-0.2, -0.15) is 5.10 Å². The van der Waals surface area contributed by atoms with Crippen molar-refractivity contribution < 1.29 is 8.42 Å². The van der Waals surface area contributed by atoms with E-state index in [1.54, 1.807) is 18.2 Å². The minimum atomic E-state index is -3.63. The Kier molecular flexibility index (Phi) is 6.38. The minimum absolute atomic E-state index is 0.0736. The lowest BCUT2D eigenvalue weighted by molar-refractivity contribution is 0.548. The largest absolute Gasteiger partial charge is 0.268 e. The first-order valence-corrected chi connectivity index (χ1v) is 10.7. The summed E-state index contributed by atoms with van der Waals surface area (Å²) in [5.74, 6) is 0. The van der Waals surface area contributed by atoms with Gasteiger partial charge in [-0.1, -0.05) is 55.8 Å². The molecule has 0 fully saturated rings. The molecule has 0 unspecified atom stereocenters. The van der Waals surface area contributed by atoms with E-state index in [4.69, 9.17) is 0 Å². The average Bonchev–Trinajstić information content (AvgIpc) is 2.71. The number of hydrogen-bond acceptors (Lipinski definition) is 4. The van der Waals surface area contributed by atoms with Crippen LogP contribution >= 0.6 is 0 Å². The van der Waals surface area contributed by atoms with Gasteiger partial charge in [-0.15, -0.1) is 0 Å². The maximum absolute atomic E-state index is 12.4. The van der Waals surface area contributed by atoms with Crippen LogP contribution in [-0.2, 0) is 23.0 Å². The molecule has 7 heteroatoms. The van der Waals surface area contributed by atoms with E-state index in [1.807, 2.05) is 42.5 Å². The highest BCUT2D eigenvalue weighted by Crippen LogP contribution is 2.14. The molecule has 3 aromatic rings. The first kappa shape index (κ1) is 20.0. The molecule has 0 saturated carbocycles. The molecule has 0 aliphatic heterocycles. The van der Waals surface area contributed by atoms with Crippen molar-refractivity contribution >= 4 is 10.0 Å². The summed E-state index contributed by atoms with van der Waals surface area (Å²) >= 11 is 0. The molecular weight excluding hydrogens is 374 g/mol. The van der Waals surface area contributed by atoms with Gasteiger partial charge in [0.05, 0.1) is 17.1 Å². The number of nitrogens with one attached hydrogen (secondary N) is 1. The zero-order valence-corrected chi connectivity index (χ0v) is 16.5. The lowest BCUT2D eigenvalue weighted by atomic mass is 10.1. The Morgan fingerprint density at radius 3 is 2.36 bits per heavy atom. The summed E-state index contributed by atoms with van der Waals surface area (Å²) in [5, 5.41) is 4.34. The van der Waals surface area contributed by atoms with Crippen LogP contribution in [0.2, 0.25) is 0 Å². The van der Waals surface area contributed by atoms with Crippen LogP contribution in [0.25, 0.3) is 11.3 Å². The van der Waals surface area contributed by atoms with Crippen molar-refractivity contribution in [2.24, 2.45) is 0 Å². The Morgan fingerprint density at radius 1 is 0.964 bits per heavy atom. The molecule has 6 nitrogen and oxygen atoms in total. The second kappa shape index (κ2) is 8.95. The Morgan fingerprint density at radius 2 is 1.68 bits per heavy atom. The highest BCUT2D eigenvalue weighted by Gasteiger charge is 2.13. The molecule has 0 aliphatic carbocycles. The highest BCUT2D eigenvalue weighted by atomic mass is 32.2. The quantitative estimate of drug-likeness (QED) is 0.634. The average molecular weight is 398 g/mol. The van der Waals surface area contributed by atoms with Gasteiger partial charge in [0.25, 0.3) is 5.56 Å². The van der Waals surface area contributed by atoms with Crippen molar-refractivity contribution in [3.05, 3.63) is 82.6 Å². The third-order valence-corrected chi connectivity index (χ3v) is 5.80. The summed E-state index contributed by atoms with van der Waals surface area (Å²) in [6, 6.07) is 19.5. The fraction of sp³-hybridized carbons (Fsp3) is 0.238. The molecule has 0 spiro atoms. The van der Waals surface area contributed by atoms with Crippen LogP contribution in [0.3, 0.4) is 0 Å². The second-order valence-corrected chi connectivity index (χ2v) is 8.20. The monoisotopic (exact) mass is 397 g/mol. The number of nitrogens with zero attached hydrogens (tertiary/aromatic N) is 2. The third kappa shape index (κ3) is 4.94. The van der Waals surface area contributed by atoms with Gasteiger partial charge >= 0.3 is 0 Å². The number of rotatable bonds is 8. The summed E-state index contributed by atoms with van der Waals surface area (Å²) in [5.41, 5.74) is 2.39. The van der Waals surface area contributed by atoms with E-state index in [-0.39, 0.29) is 23.5 Å². The van der Waals surface area contributed by atoms with Crippen molar-refractivity contribution in [1.29, 1.82) is 0 Å². The minimum Gasteiger partial charge on any atom is -0.268 e. The standard InChI is InChI=1S/C21H23N3O3S/c1-2-6-17-9-11-19(12-10-17)28(26,27)22-15-16-24-21(25)14-13-20(23-24)18-7-4-3-5-8-18/h3-5,7-14,22H,2,6,15-16H2,1H3. The lowest BCUT2D eigenvalue weighted by Gasteiger charge is -2.10. The zero-order chi connectivity index (χ0) is 20.0. The molecule has 2 aromatic carbocycles. The van der Waals surface area contributed by atoms with Gasteiger partial charge < -0.3 is 0 Å². The Labute approximate surface area is 164 Å². The van der Waals surface area contributed by atoms with Crippen molar-refractivity contribution in [2.45, 2.75) is 31.2 Å². The molecule has 28 heavy (non-hydrogen) atoms. The number of aryl methyl sites for hydroxylation is 1. The van der Waals surface area contributed by atoms with Crippen molar-refractivity contribution in [2.75, 3.05) is 6.54 Å². The molecule has 0 saturated heterocycles. The number of hydrogen-bond donors (Lipinski definition) is 1. The summed E-state index contributed by atoms with van der Waals surface area (Å²) in [6.45, 7) is 2.30. The molecule has 1 N–H and O–H groups in total. The van der Waals surface area contributed by atoms with Crippen LogP contribution in [0.1, 0.15) is 18.9 Å². The van der Waals surface area contributed by atoms with Gasteiger partial charge in [0.1, 0.15) is 0 Å². The molecule has 146 valence electrons. The molecule has 1 heterocycles. The Hall–Kier alpha value is -2.77. The molecular formula is C21H23N3O3S. The number of sulfonamides is 1. The van der Waals surface area contributed by atoms with Gasteiger partial charge in [-0.3, -0.25) is 4.79 Å². The van der Waals surface area contributed by atoms with Crippen molar-refractivity contribution in [3.8, 4) is 11.3 Å². The molecule has 0 radical (unpaired) electrons. The van der Waals surface area contributed by atoms with Gasteiger partial charge in [0, 0.05) is 18.2 Å². The fourth-order valence-electron chi connectivity index (χ4n) is 2.87. The predicted molar refractivity (Wildman–Crippen MR) is 110 cm³/mol. The zero-order valence-electron chi connectivity index (χ0n) is 15.7. The van der Waals surface area contributed by atoms with Crippen LogP contribution in [0.4, 0.5) is 0 Å². The van der Waals surface area contributed by atoms with Crippen molar-refractivity contribution in [3.63, 3.8) is 0 Å². The summed E-state index contributed by atoms with van der Waals surface area (Å²) in [4.78, 5) is 12.3. The van der Waals surface area contributed by atoms with Crippen molar-refractivity contribution in [1.82, 2.24) is 14.5 Å². The summed E-state index contributed by atoms with van der Waals surface area (Å²) < 4.78 is 28.7. The SMILES string of the molecule is CCCc1ccc(S(=O)(=O)NCCn2nc(-c3ccccc3)ccc2=O)cc1. The van der Waals surface area contributed by atoms with Gasteiger partial charge in [0.15, 0.2) is 0 Å². The van der Waals surface area contributed by atoms with Gasteiger partial charge in [0.2, 0.25) is 10.0 Å². The van der Waals surface area contributed by atoms with Crippen LogP contribution < -0.4 is 10.3 Å². The fourth-order valence-corrected chi connectivity index (χ4v) is 3.89. The van der Waals surface area contributed by atoms with E-state index in [0.717, 1.165) is 24.0 Å². The predicted octanol–water partition coefficient (Wildman–Crippen LogP) is 2.84. The highest BCUT2D eigenvalue weighted by molar-refractivity contribution is 7.89. The molecule has 0 bridgehead atoms. The second-order valence-electron chi connectivity index (χ2n) is 6.44. The van der Waals surface area contributed by atoms with E-state index < -0.39 is 10.0 Å². The van der Waals surface area contributed by atoms with E-state index in [9.17, 15) is 13.2 Å². The van der Waals surface area contributed by atoms with E-state index in [1.165, 1.54) is 10.7 Å². The summed E-state index contributed by atoms with van der Waals surface area (Å²) in [6.07, 6.45) is 1.92. The normalized spacial score (nSPS) is 11.5. The number of aromatic nitrogens is 2. The first-order chi connectivity index (χ1) is 13.5. The maximum Gasteiger partial charge on any atom is 0.266 e. The van der Waals surface area contributed by atoms with Gasteiger partial charge in [-0.05, 0) is 30.2 Å². The Bertz CT molecular complexity index is 1080. The van der Waals surface area contributed by atoms with Crippen LogP contribution in [0, 0.1) is 0 Å². The van der Waals surface area contributed by atoms with E-state index in [2.05, 4.69) is 16.7 Å². The van der Waals surface area contributed by atoms with E-state index >= 15 is 0 Å². The smallest absolute Gasteiger partial charge is 0.266 e. The maximum atomic E-state index is 12.4. The van der Waals surface area contributed by atoms with Crippen LogP contribution in [-0.4, -0.2) is 24.7 Å².